The molecule has 92 valence electrons. The summed E-state index contributed by atoms with van der Waals surface area (Å²) in [4.78, 5) is 12.0. The summed E-state index contributed by atoms with van der Waals surface area (Å²) in [5, 5.41) is 12.1. The molecule has 7 heteroatoms. The lowest BCUT2D eigenvalue weighted by molar-refractivity contribution is -0.158. The maximum absolute atomic E-state index is 8.57. The molecule has 1 aliphatic rings. The maximum Gasteiger partial charge on any atom is 0.392 e. The molecule has 0 amide bonds. The largest absolute Gasteiger partial charge is 0.392 e. The molecule has 1 atom stereocenters. The van der Waals surface area contributed by atoms with Gasteiger partial charge in [-0.15, -0.1) is 0 Å². The van der Waals surface area contributed by atoms with Gasteiger partial charge >= 0.3 is 5.84 Å². The molecule has 1 fully saturated rings. The molecule has 0 N–H and O–H groups in total. The van der Waals surface area contributed by atoms with Gasteiger partial charge < -0.3 is 9.58 Å². The number of oxime groups is 1. The number of morpholine rings is 1. The fourth-order valence-electron chi connectivity index (χ4n) is 1.45. The van der Waals surface area contributed by atoms with E-state index in [-0.39, 0.29) is 12.2 Å². The summed E-state index contributed by atoms with van der Waals surface area (Å²) in [6.45, 7) is 9.46. The summed E-state index contributed by atoms with van der Waals surface area (Å²) in [6, 6.07) is 1.66. The Morgan fingerprint density at radius 1 is 1.59 bits per heavy atom. The smallest absolute Gasteiger partial charge is 0.379 e. The van der Waals surface area contributed by atoms with E-state index in [1.54, 1.807) is 6.07 Å². The Morgan fingerprint density at radius 3 is 2.71 bits per heavy atom. The van der Waals surface area contributed by atoms with Crippen molar-refractivity contribution in [1.82, 2.24) is 9.80 Å². The molecule has 1 unspecified atom stereocenters. The van der Waals surface area contributed by atoms with Gasteiger partial charge in [-0.25, -0.2) is 10.2 Å². The standard InChI is InChI=1S/C10H15N5O2/c1-12-9(8-11)13-17-10(14(2)3)15-4-6-16-7-5-15/h10H,4-7H2,2-3H3. The highest BCUT2D eigenvalue weighted by Crippen LogP contribution is 2.08. The first-order chi connectivity index (χ1) is 8.19. The molecular weight excluding hydrogens is 222 g/mol. The van der Waals surface area contributed by atoms with Crippen LogP contribution in [0.1, 0.15) is 0 Å². The van der Waals surface area contributed by atoms with Crippen LogP contribution in [0.15, 0.2) is 5.16 Å². The molecular formula is C10H15N5O2. The highest BCUT2D eigenvalue weighted by molar-refractivity contribution is 6.03. The van der Waals surface area contributed by atoms with Crippen LogP contribution in [-0.4, -0.2) is 62.4 Å². The quantitative estimate of drug-likeness (QED) is 0.225. The minimum absolute atomic E-state index is 0.301. The Hall–Kier alpha value is -1.67. The number of nitrogens with zero attached hydrogens (tertiary/aromatic N) is 5. The zero-order valence-corrected chi connectivity index (χ0v) is 9.96. The van der Waals surface area contributed by atoms with E-state index < -0.39 is 0 Å². The first kappa shape index (κ1) is 13.4. The molecule has 1 rings (SSSR count). The average molecular weight is 237 g/mol. The molecule has 7 nitrogen and oxygen atoms in total. The van der Waals surface area contributed by atoms with E-state index >= 15 is 0 Å². The third-order valence-electron chi connectivity index (χ3n) is 2.24. The van der Waals surface area contributed by atoms with Gasteiger partial charge in [0.1, 0.15) is 6.07 Å². The van der Waals surface area contributed by atoms with E-state index in [1.807, 2.05) is 23.9 Å². The lowest BCUT2D eigenvalue weighted by Crippen LogP contribution is -2.50. The van der Waals surface area contributed by atoms with Crippen molar-refractivity contribution in [3.63, 3.8) is 0 Å². The lowest BCUT2D eigenvalue weighted by Gasteiger charge is -2.34. The van der Waals surface area contributed by atoms with Crippen molar-refractivity contribution in [2.75, 3.05) is 40.4 Å². The van der Waals surface area contributed by atoms with Gasteiger partial charge in [-0.3, -0.25) is 9.74 Å². The Kier molecular flexibility index (Phi) is 5.37. The van der Waals surface area contributed by atoms with Gasteiger partial charge in [-0.2, -0.15) is 0 Å². The molecule has 0 radical (unpaired) electrons. The molecule has 17 heavy (non-hydrogen) atoms. The van der Waals surface area contributed by atoms with Gasteiger partial charge in [-0.1, -0.05) is 6.57 Å². The van der Waals surface area contributed by atoms with Crippen LogP contribution in [0.2, 0.25) is 0 Å². The SMILES string of the molecule is [C-]#[N+]C(C#N)=NOC(N(C)C)N1CCOCC1. The number of ether oxygens (including phenoxy) is 1. The molecule has 0 aliphatic carbocycles. The van der Waals surface area contributed by atoms with E-state index in [0.717, 1.165) is 13.1 Å². The molecule has 1 heterocycles. The Morgan fingerprint density at radius 2 is 2.24 bits per heavy atom. The predicted molar refractivity (Wildman–Crippen MR) is 60.6 cm³/mol. The first-order valence-corrected chi connectivity index (χ1v) is 5.18. The molecule has 0 aromatic carbocycles. The third-order valence-corrected chi connectivity index (χ3v) is 2.24. The van der Waals surface area contributed by atoms with Crippen molar-refractivity contribution in [2.24, 2.45) is 5.16 Å². The van der Waals surface area contributed by atoms with Gasteiger partial charge in [0.2, 0.25) is 0 Å². The maximum atomic E-state index is 8.57. The van der Waals surface area contributed by atoms with Gasteiger partial charge in [0, 0.05) is 13.1 Å². The van der Waals surface area contributed by atoms with Gasteiger partial charge in [-0.05, 0) is 14.1 Å². The first-order valence-electron chi connectivity index (χ1n) is 5.18. The van der Waals surface area contributed by atoms with Crippen molar-refractivity contribution >= 4 is 5.84 Å². The minimum Gasteiger partial charge on any atom is -0.379 e. The number of rotatable bonds is 4. The van der Waals surface area contributed by atoms with Crippen LogP contribution in [0, 0.1) is 17.9 Å². The summed E-state index contributed by atoms with van der Waals surface area (Å²) in [7, 11) is 3.69. The van der Waals surface area contributed by atoms with Crippen LogP contribution >= 0.6 is 0 Å². The fourth-order valence-corrected chi connectivity index (χ4v) is 1.45. The summed E-state index contributed by atoms with van der Waals surface area (Å²) < 4.78 is 5.25. The second-order valence-electron chi connectivity index (χ2n) is 3.68. The normalized spacial score (nSPS) is 19.5. The lowest BCUT2D eigenvalue weighted by atomic mass is 10.4. The summed E-state index contributed by atoms with van der Waals surface area (Å²) in [6.07, 6.45) is -0.385. The molecule has 1 saturated heterocycles. The molecule has 0 bridgehead atoms. The minimum atomic E-state index is -0.385. The summed E-state index contributed by atoms with van der Waals surface area (Å²) in [5.74, 6) is -0.301. The third kappa shape index (κ3) is 4.00. The zero-order chi connectivity index (χ0) is 12.7. The topological polar surface area (TPSA) is 65.5 Å². The summed E-state index contributed by atoms with van der Waals surface area (Å²) in [5.41, 5.74) is 0. The second-order valence-corrected chi connectivity index (χ2v) is 3.68. The van der Waals surface area contributed by atoms with Gasteiger partial charge in [0.25, 0.3) is 6.35 Å². The van der Waals surface area contributed by atoms with Crippen molar-refractivity contribution in [1.29, 1.82) is 5.26 Å². The van der Waals surface area contributed by atoms with Crippen LogP contribution < -0.4 is 0 Å². The fraction of sp³-hybridized carbons (Fsp3) is 0.700. The van der Waals surface area contributed by atoms with Gasteiger partial charge in [0.15, 0.2) is 0 Å². The van der Waals surface area contributed by atoms with E-state index in [9.17, 15) is 0 Å². The molecule has 0 spiro atoms. The summed E-state index contributed by atoms with van der Waals surface area (Å²) >= 11 is 0. The highest BCUT2D eigenvalue weighted by Gasteiger charge is 2.26. The molecule has 0 aromatic heterocycles. The monoisotopic (exact) mass is 237 g/mol. The van der Waals surface area contributed by atoms with Crippen LogP contribution in [0.25, 0.3) is 4.85 Å². The molecule has 0 saturated carbocycles. The Balaban J connectivity index is 2.64. The van der Waals surface area contributed by atoms with E-state index in [2.05, 4.69) is 10.0 Å². The van der Waals surface area contributed by atoms with Crippen molar-refractivity contribution in [3.8, 4) is 6.07 Å². The number of hydrogen-bond donors (Lipinski definition) is 0. The predicted octanol–water partition coefficient (Wildman–Crippen LogP) is -0.0632. The van der Waals surface area contributed by atoms with Crippen molar-refractivity contribution in [2.45, 2.75) is 6.35 Å². The average Bonchev–Trinajstić information content (AvgIpc) is 2.35. The van der Waals surface area contributed by atoms with E-state index in [4.69, 9.17) is 21.4 Å². The van der Waals surface area contributed by atoms with E-state index in [1.165, 1.54) is 0 Å². The Labute approximate surface area is 101 Å². The van der Waals surface area contributed by atoms with Gasteiger partial charge in [0.05, 0.1) is 18.4 Å². The van der Waals surface area contributed by atoms with Crippen LogP contribution in [-0.2, 0) is 9.57 Å². The van der Waals surface area contributed by atoms with Crippen LogP contribution in [0.3, 0.4) is 0 Å². The highest BCUT2D eigenvalue weighted by atomic mass is 16.7. The van der Waals surface area contributed by atoms with Crippen LogP contribution in [0.4, 0.5) is 0 Å². The number of hydrogen-bond acceptors (Lipinski definition) is 6. The number of amidine groups is 1. The van der Waals surface area contributed by atoms with E-state index in [0.29, 0.717) is 13.2 Å². The number of nitriles is 1. The molecule has 0 aromatic rings. The Bertz CT molecular complexity index is 333. The van der Waals surface area contributed by atoms with Crippen molar-refractivity contribution < 1.29 is 9.57 Å². The zero-order valence-electron chi connectivity index (χ0n) is 9.96. The van der Waals surface area contributed by atoms with Crippen molar-refractivity contribution in [3.05, 3.63) is 11.4 Å². The van der Waals surface area contributed by atoms with Crippen LogP contribution in [0.5, 0.6) is 0 Å². The second kappa shape index (κ2) is 6.81. The molecule has 1 aliphatic heterocycles.